The van der Waals surface area contributed by atoms with Gasteiger partial charge in [0.05, 0.1) is 6.61 Å². The Bertz CT molecular complexity index is 480. The molecule has 0 amide bonds. The van der Waals surface area contributed by atoms with Gasteiger partial charge in [0.25, 0.3) is 0 Å². The predicted octanol–water partition coefficient (Wildman–Crippen LogP) is 1.28. The molecular weight excluding hydrogens is 282 g/mol. The Kier molecular flexibility index (Phi) is 6.18. The van der Waals surface area contributed by atoms with Gasteiger partial charge in [-0.05, 0) is 6.42 Å². The minimum atomic E-state index is 0.290. The standard InChI is InChI=1S/C15H27N5O2/c1-11(2)14-18-13(22-19-14)5-7-17-15(16-3)20(4)9-12-6-8-21-10-12/h11-12H,5-10H2,1-4H3,(H,16,17). The van der Waals surface area contributed by atoms with Crippen LogP contribution in [0.1, 0.15) is 37.9 Å². The number of aliphatic imine (C=N–C) groups is 1. The van der Waals surface area contributed by atoms with Crippen molar-refractivity contribution in [3.63, 3.8) is 0 Å². The number of nitrogens with zero attached hydrogens (tertiary/aromatic N) is 4. The van der Waals surface area contributed by atoms with E-state index in [4.69, 9.17) is 9.26 Å². The average molecular weight is 309 g/mol. The van der Waals surface area contributed by atoms with Gasteiger partial charge in [0.1, 0.15) is 0 Å². The second-order valence-electron chi connectivity index (χ2n) is 6.04. The van der Waals surface area contributed by atoms with E-state index in [0.717, 1.165) is 44.5 Å². The maximum Gasteiger partial charge on any atom is 0.228 e. The van der Waals surface area contributed by atoms with Gasteiger partial charge < -0.3 is 19.5 Å². The lowest BCUT2D eigenvalue weighted by Crippen LogP contribution is -2.42. The van der Waals surface area contributed by atoms with Crippen molar-refractivity contribution in [1.82, 2.24) is 20.4 Å². The fourth-order valence-electron chi connectivity index (χ4n) is 2.47. The third kappa shape index (κ3) is 4.69. The van der Waals surface area contributed by atoms with Crippen LogP contribution in [-0.4, -0.2) is 61.4 Å². The van der Waals surface area contributed by atoms with E-state index in [1.54, 1.807) is 7.05 Å². The number of hydrogen-bond donors (Lipinski definition) is 1. The molecule has 22 heavy (non-hydrogen) atoms. The molecule has 1 atom stereocenters. The smallest absolute Gasteiger partial charge is 0.228 e. The summed E-state index contributed by atoms with van der Waals surface area (Å²) in [6.07, 6.45) is 1.82. The van der Waals surface area contributed by atoms with Crippen LogP contribution in [0.2, 0.25) is 0 Å². The van der Waals surface area contributed by atoms with Crippen LogP contribution in [0.25, 0.3) is 0 Å². The summed E-state index contributed by atoms with van der Waals surface area (Å²) in [5, 5.41) is 7.31. The van der Waals surface area contributed by atoms with Crippen molar-refractivity contribution >= 4 is 5.96 Å². The van der Waals surface area contributed by atoms with Crippen LogP contribution in [0.15, 0.2) is 9.52 Å². The van der Waals surface area contributed by atoms with Crippen LogP contribution < -0.4 is 5.32 Å². The first-order valence-electron chi connectivity index (χ1n) is 7.92. The monoisotopic (exact) mass is 309 g/mol. The highest BCUT2D eigenvalue weighted by Gasteiger charge is 2.19. The first-order valence-corrected chi connectivity index (χ1v) is 7.92. The molecule has 7 nitrogen and oxygen atoms in total. The zero-order valence-corrected chi connectivity index (χ0v) is 14.0. The van der Waals surface area contributed by atoms with Gasteiger partial charge >= 0.3 is 0 Å². The van der Waals surface area contributed by atoms with E-state index in [0.29, 0.717) is 18.2 Å². The lowest BCUT2D eigenvalue weighted by atomic mass is 10.1. The SMILES string of the molecule is CN=C(NCCc1nc(C(C)C)no1)N(C)CC1CCOC1. The fourth-order valence-corrected chi connectivity index (χ4v) is 2.47. The summed E-state index contributed by atoms with van der Waals surface area (Å²) in [6, 6.07) is 0. The van der Waals surface area contributed by atoms with Gasteiger partial charge in [-0.2, -0.15) is 4.98 Å². The molecule has 1 fully saturated rings. The Labute approximate surface area is 132 Å². The number of guanidine groups is 1. The lowest BCUT2D eigenvalue weighted by Gasteiger charge is -2.24. The molecule has 1 unspecified atom stereocenters. The van der Waals surface area contributed by atoms with E-state index in [2.05, 4.69) is 46.2 Å². The summed E-state index contributed by atoms with van der Waals surface area (Å²) in [6.45, 7) is 7.50. The van der Waals surface area contributed by atoms with Gasteiger partial charge in [-0.15, -0.1) is 0 Å². The number of hydrogen-bond acceptors (Lipinski definition) is 5. The van der Waals surface area contributed by atoms with Crippen molar-refractivity contribution in [2.24, 2.45) is 10.9 Å². The molecule has 0 aliphatic carbocycles. The molecule has 7 heteroatoms. The van der Waals surface area contributed by atoms with Crippen molar-refractivity contribution < 1.29 is 9.26 Å². The number of ether oxygens (including phenoxy) is 1. The minimum absolute atomic E-state index is 0.290. The van der Waals surface area contributed by atoms with Crippen molar-refractivity contribution in [1.29, 1.82) is 0 Å². The van der Waals surface area contributed by atoms with Gasteiger partial charge in [-0.1, -0.05) is 19.0 Å². The molecule has 0 saturated carbocycles. The molecule has 2 heterocycles. The molecule has 0 spiro atoms. The van der Waals surface area contributed by atoms with Crippen molar-refractivity contribution in [3.8, 4) is 0 Å². The molecule has 1 aliphatic heterocycles. The first-order chi connectivity index (χ1) is 10.6. The van der Waals surface area contributed by atoms with Crippen LogP contribution >= 0.6 is 0 Å². The molecule has 1 aliphatic rings. The third-order valence-electron chi connectivity index (χ3n) is 3.75. The first kappa shape index (κ1) is 16.7. The van der Waals surface area contributed by atoms with Crippen molar-refractivity contribution in [3.05, 3.63) is 11.7 Å². The maximum atomic E-state index is 5.42. The van der Waals surface area contributed by atoms with Gasteiger partial charge in [0.2, 0.25) is 5.89 Å². The summed E-state index contributed by atoms with van der Waals surface area (Å²) in [7, 11) is 3.85. The van der Waals surface area contributed by atoms with E-state index in [-0.39, 0.29) is 5.92 Å². The van der Waals surface area contributed by atoms with E-state index < -0.39 is 0 Å². The van der Waals surface area contributed by atoms with Gasteiger partial charge in [0.15, 0.2) is 11.8 Å². The average Bonchev–Trinajstić information content (AvgIpc) is 3.14. The number of aromatic nitrogens is 2. The molecule has 1 aromatic rings. The molecule has 1 aromatic heterocycles. The molecule has 0 radical (unpaired) electrons. The summed E-state index contributed by atoms with van der Waals surface area (Å²) in [5.74, 6) is 3.19. The molecule has 0 bridgehead atoms. The number of nitrogens with one attached hydrogen (secondary N) is 1. The quantitative estimate of drug-likeness (QED) is 0.630. The highest BCUT2D eigenvalue weighted by atomic mass is 16.5. The molecule has 1 saturated heterocycles. The predicted molar refractivity (Wildman–Crippen MR) is 85.0 cm³/mol. The summed E-state index contributed by atoms with van der Waals surface area (Å²) >= 11 is 0. The molecule has 1 N–H and O–H groups in total. The Morgan fingerprint density at radius 1 is 1.50 bits per heavy atom. The molecule has 0 aromatic carbocycles. The van der Waals surface area contributed by atoms with Gasteiger partial charge in [-0.25, -0.2) is 0 Å². The van der Waals surface area contributed by atoms with Crippen LogP contribution in [-0.2, 0) is 11.2 Å². The Balaban J connectivity index is 1.75. The highest BCUT2D eigenvalue weighted by Crippen LogP contribution is 2.13. The third-order valence-corrected chi connectivity index (χ3v) is 3.75. The molecular formula is C15H27N5O2. The molecule has 2 rings (SSSR count). The lowest BCUT2D eigenvalue weighted by molar-refractivity contribution is 0.181. The summed E-state index contributed by atoms with van der Waals surface area (Å²) < 4.78 is 10.7. The topological polar surface area (TPSA) is 75.8 Å². The zero-order chi connectivity index (χ0) is 15.9. The normalized spacial score (nSPS) is 19.0. The molecule has 124 valence electrons. The second kappa shape index (κ2) is 8.12. The van der Waals surface area contributed by atoms with Crippen LogP contribution in [0.3, 0.4) is 0 Å². The minimum Gasteiger partial charge on any atom is -0.381 e. The van der Waals surface area contributed by atoms with Crippen LogP contribution in [0, 0.1) is 5.92 Å². The van der Waals surface area contributed by atoms with Crippen LogP contribution in [0.4, 0.5) is 0 Å². The van der Waals surface area contributed by atoms with Crippen molar-refractivity contribution in [2.75, 3.05) is 40.4 Å². The van der Waals surface area contributed by atoms with E-state index in [9.17, 15) is 0 Å². The summed E-state index contributed by atoms with van der Waals surface area (Å²) in [4.78, 5) is 10.8. The van der Waals surface area contributed by atoms with Crippen molar-refractivity contribution in [2.45, 2.75) is 32.6 Å². The maximum absolute atomic E-state index is 5.42. The van der Waals surface area contributed by atoms with E-state index >= 15 is 0 Å². The van der Waals surface area contributed by atoms with E-state index in [1.807, 2.05) is 0 Å². The Morgan fingerprint density at radius 2 is 2.32 bits per heavy atom. The van der Waals surface area contributed by atoms with E-state index in [1.165, 1.54) is 0 Å². The van der Waals surface area contributed by atoms with Gasteiger partial charge in [0, 0.05) is 52.0 Å². The van der Waals surface area contributed by atoms with Crippen LogP contribution in [0.5, 0.6) is 0 Å². The van der Waals surface area contributed by atoms with Gasteiger partial charge in [-0.3, -0.25) is 4.99 Å². The Hall–Kier alpha value is -1.63. The summed E-state index contributed by atoms with van der Waals surface area (Å²) in [5.41, 5.74) is 0. The highest BCUT2D eigenvalue weighted by molar-refractivity contribution is 5.79. The zero-order valence-electron chi connectivity index (χ0n) is 14.0. The second-order valence-corrected chi connectivity index (χ2v) is 6.04. The number of rotatable bonds is 6. The fraction of sp³-hybridized carbons (Fsp3) is 0.800. The largest absolute Gasteiger partial charge is 0.381 e. The Morgan fingerprint density at radius 3 is 2.91 bits per heavy atom.